The van der Waals surface area contributed by atoms with E-state index < -0.39 is 39.5 Å². The maximum Gasteiger partial charge on any atom is 0.433 e. The number of nitrogens with zero attached hydrogens (tertiary/aromatic N) is 1. The molecule has 0 spiro atoms. The van der Waals surface area contributed by atoms with Gasteiger partial charge in [0.15, 0.2) is 0 Å². The van der Waals surface area contributed by atoms with Gasteiger partial charge in [-0.1, -0.05) is 18.2 Å². The fourth-order valence-electron chi connectivity index (χ4n) is 3.11. The summed E-state index contributed by atoms with van der Waals surface area (Å²) >= 11 is 1.31. The van der Waals surface area contributed by atoms with Crippen molar-refractivity contribution < 1.29 is 30.8 Å². The molecule has 1 atom stereocenters. The second kappa shape index (κ2) is 10.2. The molecular weight excluding hydrogens is 494 g/mol. The molecule has 1 amide bonds. The van der Waals surface area contributed by atoms with E-state index in [-0.39, 0.29) is 24.3 Å². The summed E-state index contributed by atoms with van der Waals surface area (Å²) in [5, 5.41) is 6.05. The Hall–Kier alpha value is -2.83. The summed E-state index contributed by atoms with van der Waals surface area (Å²) in [6.45, 7) is 1.26. The molecule has 0 bridgehead atoms. The molecule has 0 saturated carbocycles. The van der Waals surface area contributed by atoms with Crippen LogP contribution in [0.1, 0.15) is 35.2 Å². The maximum atomic E-state index is 14.4. The smallest absolute Gasteiger partial charge is 0.351 e. The second-order valence-electron chi connectivity index (χ2n) is 7.60. The van der Waals surface area contributed by atoms with Gasteiger partial charge in [0.2, 0.25) is 15.9 Å². The van der Waals surface area contributed by atoms with Gasteiger partial charge in [-0.05, 0) is 41.6 Å². The molecule has 1 aromatic carbocycles. The van der Waals surface area contributed by atoms with Crippen LogP contribution in [0.4, 0.5) is 17.6 Å². The van der Waals surface area contributed by atoms with E-state index in [0.717, 1.165) is 18.4 Å². The number of thiophene rings is 1. The summed E-state index contributed by atoms with van der Waals surface area (Å²) < 4.78 is 78.3. The Balaban J connectivity index is 1.74. The molecule has 0 fully saturated rings. The predicted molar refractivity (Wildman–Crippen MR) is 121 cm³/mol. The molecule has 182 valence electrons. The van der Waals surface area contributed by atoms with Gasteiger partial charge in [-0.25, -0.2) is 22.5 Å². The Morgan fingerprint density at radius 3 is 2.41 bits per heavy atom. The van der Waals surface area contributed by atoms with Crippen LogP contribution < -0.4 is 10.0 Å². The zero-order chi connectivity index (χ0) is 25.1. The number of hydrogen-bond donors (Lipinski definition) is 2. The Kier molecular flexibility index (Phi) is 7.74. The summed E-state index contributed by atoms with van der Waals surface area (Å²) in [5.74, 6) is -1.89. The minimum atomic E-state index is -4.60. The van der Waals surface area contributed by atoms with Crippen LogP contribution in [-0.4, -0.2) is 25.6 Å². The van der Waals surface area contributed by atoms with Crippen LogP contribution in [0.3, 0.4) is 0 Å². The van der Waals surface area contributed by atoms with Crippen molar-refractivity contribution in [3.63, 3.8) is 0 Å². The van der Waals surface area contributed by atoms with Gasteiger partial charge < -0.3 is 5.32 Å². The lowest BCUT2D eigenvalue weighted by Gasteiger charge is -2.16. The van der Waals surface area contributed by atoms with E-state index in [0.29, 0.717) is 16.7 Å². The Labute approximate surface area is 198 Å². The van der Waals surface area contributed by atoms with Crippen molar-refractivity contribution in [2.45, 2.75) is 32.1 Å². The highest BCUT2D eigenvalue weighted by Crippen LogP contribution is 2.32. The number of rotatable bonds is 8. The van der Waals surface area contributed by atoms with Crippen molar-refractivity contribution >= 4 is 27.3 Å². The van der Waals surface area contributed by atoms with E-state index >= 15 is 0 Å². The fraction of sp³-hybridized carbons (Fsp3) is 0.273. The number of sulfonamides is 1. The molecule has 0 aliphatic rings. The molecule has 3 rings (SSSR count). The summed E-state index contributed by atoms with van der Waals surface area (Å²) in [7, 11) is -3.49. The van der Waals surface area contributed by atoms with Crippen molar-refractivity contribution in [1.82, 2.24) is 15.0 Å². The molecule has 0 saturated heterocycles. The van der Waals surface area contributed by atoms with Gasteiger partial charge >= 0.3 is 6.18 Å². The first kappa shape index (κ1) is 25.8. The molecule has 1 unspecified atom stereocenters. The van der Waals surface area contributed by atoms with Crippen LogP contribution in [0.5, 0.6) is 0 Å². The first-order valence-electron chi connectivity index (χ1n) is 9.95. The predicted octanol–water partition coefficient (Wildman–Crippen LogP) is 4.44. The Morgan fingerprint density at radius 1 is 1.12 bits per heavy atom. The molecule has 0 aliphatic carbocycles. The van der Waals surface area contributed by atoms with Crippen molar-refractivity contribution in [2.75, 3.05) is 6.26 Å². The number of carbonyl (C=O) groups is 1. The normalized spacial score (nSPS) is 13.0. The highest BCUT2D eigenvalue weighted by Gasteiger charge is 2.33. The van der Waals surface area contributed by atoms with Crippen LogP contribution in [0.25, 0.3) is 11.3 Å². The molecule has 2 N–H and O–H groups in total. The van der Waals surface area contributed by atoms with Crippen LogP contribution in [0.15, 0.2) is 47.2 Å². The Bertz CT molecular complexity index is 1280. The molecule has 6 nitrogen and oxygen atoms in total. The number of pyridine rings is 1. The van der Waals surface area contributed by atoms with Crippen molar-refractivity contribution in [3.8, 4) is 11.3 Å². The van der Waals surface area contributed by atoms with Crippen LogP contribution in [-0.2, 0) is 34.1 Å². The van der Waals surface area contributed by atoms with Gasteiger partial charge in [0, 0.05) is 29.6 Å². The van der Waals surface area contributed by atoms with Crippen LogP contribution in [0.2, 0.25) is 0 Å². The third-order valence-corrected chi connectivity index (χ3v) is 6.36. The van der Waals surface area contributed by atoms with E-state index in [4.69, 9.17) is 0 Å². The lowest BCUT2D eigenvalue weighted by atomic mass is 9.98. The van der Waals surface area contributed by atoms with E-state index in [1.54, 1.807) is 23.8 Å². The number of carbonyl (C=O) groups excluding carboxylic acids is 1. The molecular formula is C22H21F4N3O3S2. The fourth-order valence-corrected chi connectivity index (χ4v) is 4.17. The molecule has 0 aliphatic heterocycles. The zero-order valence-electron chi connectivity index (χ0n) is 18.1. The van der Waals surface area contributed by atoms with Crippen molar-refractivity contribution in [2.24, 2.45) is 0 Å². The largest absolute Gasteiger partial charge is 0.433 e. The summed E-state index contributed by atoms with van der Waals surface area (Å²) in [6.07, 6.45) is -3.64. The first-order valence-corrected chi connectivity index (χ1v) is 12.8. The lowest BCUT2D eigenvalue weighted by molar-refractivity contribution is -0.141. The van der Waals surface area contributed by atoms with Gasteiger partial charge in [-0.15, -0.1) is 0 Å². The number of hydrogen-bond acceptors (Lipinski definition) is 5. The summed E-state index contributed by atoms with van der Waals surface area (Å²) in [5.41, 5.74) is 0.490. The minimum absolute atomic E-state index is 0.0711. The van der Waals surface area contributed by atoms with E-state index in [2.05, 4.69) is 15.0 Å². The molecule has 12 heteroatoms. The SMILES string of the molecule is CC(C(=O)NCc1ccc(C(F)(F)F)nc1-c1ccsc1)c1ccc(CNS(C)(=O)=O)c(F)c1. The monoisotopic (exact) mass is 515 g/mol. The number of nitrogens with one attached hydrogen (secondary N) is 2. The summed E-state index contributed by atoms with van der Waals surface area (Å²) in [4.78, 5) is 16.4. The van der Waals surface area contributed by atoms with E-state index in [9.17, 15) is 30.8 Å². The van der Waals surface area contributed by atoms with Crippen LogP contribution in [0, 0.1) is 5.82 Å². The quantitative estimate of drug-likeness (QED) is 0.435. The molecule has 3 aromatic rings. The standard InChI is InChI=1S/C22H21F4N3O3S2/c1-13(14-3-4-15(18(23)9-14)11-28-34(2,31)32)21(30)27-10-16-5-6-19(22(24,25)26)29-20(16)17-7-8-33-12-17/h3-9,12-13,28H,10-11H2,1-2H3,(H,27,30). The highest BCUT2D eigenvalue weighted by atomic mass is 32.2. The second-order valence-corrected chi connectivity index (χ2v) is 10.2. The number of alkyl halides is 3. The number of amides is 1. The molecule has 0 radical (unpaired) electrons. The number of halogens is 4. The molecule has 2 aromatic heterocycles. The van der Waals surface area contributed by atoms with E-state index in [1.165, 1.54) is 29.5 Å². The maximum absolute atomic E-state index is 14.4. The van der Waals surface area contributed by atoms with Crippen LogP contribution >= 0.6 is 11.3 Å². The molecule has 34 heavy (non-hydrogen) atoms. The zero-order valence-corrected chi connectivity index (χ0v) is 19.7. The first-order chi connectivity index (χ1) is 15.8. The minimum Gasteiger partial charge on any atom is -0.351 e. The average Bonchev–Trinajstić information content (AvgIpc) is 3.29. The van der Waals surface area contributed by atoms with Gasteiger partial charge in [-0.2, -0.15) is 24.5 Å². The van der Waals surface area contributed by atoms with E-state index in [1.807, 2.05) is 0 Å². The van der Waals surface area contributed by atoms with Gasteiger partial charge in [0.05, 0.1) is 17.9 Å². The lowest BCUT2D eigenvalue weighted by Crippen LogP contribution is -2.28. The number of aromatic nitrogens is 1. The van der Waals surface area contributed by atoms with Crippen molar-refractivity contribution in [3.05, 3.63) is 75.4 Å². The van der Waals surface area contributed by atoms with Gasteiger partial charge in [-0.3, -0.25) is 4.79 Å². The topological polar surface area (TPSA) is 88.2 Å². The molecule has 2 heterocycles. The third kappa shape index (κ3) is 6.61. The summed E-state index contributed by atoms with van der Waals surface area (Å²) in [6, 6.07) is 7.84. The van der Waals surface area contributed by atoms with Gasteiger partial charge in [0.25, 0.3) is 0 Å². The highest BCUT2D eigenvalue weighted by molar-refractivity contribution is 7.88. The average molecular weight is 516 g/mol. The third-order valence-electron chi connectivity index (χ3n) is 5.01. The van der Waals surface area contributed by atoms with Gasteiger partial charge in [0.1, 0.15) is 11.5 Å². The Morgan fingerprint density at radius 2 is 1.82 bits per heavy atom. The number of benzene rings is 1. The van der Waals surface area contributed by atoms with Crippen molar-refractivity contribution in [1.29, 1.82) is 0 Å².